The number of carbonyl (C=O) groups excluding carboxylic acids is 1. The minimum atomic E-state index is -0.372. The van der Waals surface area contributed by atoms with E-state index in [-0.39, 0.29) is 52.7 Å². The van der Waals surface area contributed by atoms with Gasteiger partial charge in [0.05, 0.1) is 31.5 Å². The van der Waals surface area contributed by atoms with E-state index in [1.54, 1.807) is 20.5 Å². The van der Waals surface area contributed by atoms with Crippen molar-refractivity contribution in [1.29, 1.82) is 0 Å². The van der Waals surface area contributed by atoms with E-state index in [0.29, 0.717) is 48.9 Å². The summed E-state index contributed by atoms with van der Waals surface area (Å²) in [6, 6.07) is 0. The van der Waals surface area contributed by atoms with Crippen LogP contribution in [0.3, 0.4) is 0 Å². The first-order valence-electron chi connectivity index (χ1n) is 20.5. The summed E-state index contributed by atoms with van der Waals surface area (Å²) in [6.07, 6.45) is 12.7. The molecule has 6 aliphatic rings. The van der Waals surface area contributed by atoms with Crippen LogP contribution in [-0.2, 0) is 14.3 Å². The topological polar surface area (TPSA) is 96.2 Å². The maximum Gasteiger partial charge on any atom is 0.160 e. The summed E-state index contributed by atoms with van der Waals surface area (Å²) >= 11 is 3.53. The molecule has 11 unspecified atom stereocenters. The Kier molecular flexibility index (Phi) is 16.6. The number of aliphatic hydroxyl groups is 3. The predicted octanol–water partition coefficient (Wildman–Crippen LogP) is 9.20. The molecule has 0 bridgehead atoms. The molecule has 3 N–H and O–H groups in total. The van der Waals surface area contributed by atoms with Gasteiger partial charge in [0.2, 0.25) is 0 Å². The number of hydrogen-bond donors (Lipinski definition) is 4. The number of allylic oxidation sites excluding steroid dienone is 3. The lowest BCUT2D eigenvalue weighted by Gasteiger charge is -2.37. The molecule has 0 spiro atoms. The summed E-state index contributed by atoms with van der Waals surface area (Å²) in [5.74, 6) is 3.11. The summed E-state index contributed by atoms with van der Waals surface area (Å²) in [7, 11) is 3.54. The molecule has 0 aromatic heterocycles. The highest BCUT2D eigenvalue weighted by molar-refractivity contribution is 7.79. The van der Waals surface area contributed by atoms with Gasteiger partial charge in [0.25, 0.3) is 0 Å². The quantitative estimate of drug-likeness (QED) is 0.160. The molecule has 0 aromatic rings. The molecule has 0 radical (unpaired) electrons. The van der Waals surface area contributed by atoms with Crippen molar-refractivity contribution < 1.29 is 29.6 Å². The van der Waals surface area contributed by atoms with Crippen molar-refractivity contribution in [3.8, 4) is 0 Å². The standard InChI is InChI=1S/C21H34O3.C21H32O3.C2H6.CH4S/c2*1-12(2)20-17-8-18(22)13(3)15-7-6-14(11-24-5)16(15)9-21(17,4)10-19(20)23;2*1-2/h9,12-15,18-19,22-23H,6-8,10-11H2,1-5H3;9,12-15,18,22H,6-8,10-11H2,1-5H3;1-2H3;2H,1H3/b2*16-9-;;. The van der Waals surface area contributed by atoms with Crippen LogP contribution >= 0.6 is 12.6 Å². The molecule has 0 amide bonds. The third-order valence-corrected chi connectivity index (χ3v) is 13.5. The molecule has 6 nitrogen and oxygen atoms in total. The second kappa shape index (κ2) is 19.1. The van der Waals surface area contributed by atoms with Gasteiger partial charge in [0.1, 0.15) is 0 Å². The molecule has 0 aliphatic heterocycles. The van der Waals surface area contributed by atoms with Gasteiger partial charge in [-0.05, 0) is 97.9 Å². The van der Waals surface area contributed by atoms with Gasteiger partial charge in [-0.3, -0.25) is 4.79 Å². The van der Waals surface area contributed by atoms with Crippen molar-refractivity contribution in [3.63, 3.8) is 0 Å². The Morgan fingerprint density at radius 2 is 1.19 bits per heavy atom. The van der Waals surface area contributed by atoms with E-state index >= 15 is 0 Å². The lowest BCUT2D eigenvalue weighted by Crippen LogP contribution is -2.32. The van der Waals surface area contributed by atoms with Crippen molar-refractivity contribution >= 4 is 18.4 Å². The van der Waals surface area contributed by atoms with Gasteiger partial charge in [-0.15, -0.1) is 0 Å². The summed E-state index contributed by atoms with van der Waals surface area (Å²) in [6.45, 7) is 22.8. The predicted molar refractivity (Wildman–Crippen MR) is 218 cm³/mol. The van der Waals surface area contributed by atoms with E-state index < -0.39 is 0 Å². The zero-order valence-corrected chi connectivity index (χ0v) is 36.0. The average Bonchev–Trinajstić information content (AvgIpc) is 3.79. The first-order chi connectivity index (χ1) is 24.6. The highest BCUT2D eigenvalue weighted by atomic mass is 32.1. The maximum atomic E-state index is 12.7. The van der Waals surface area contributed by atoms with Gasteiger partial charge in [-0.25, -0.2) is 0 Å². The SMILES string of the molecule is CC.COCC1CCC2/C1=C\C1(C)CC(=O)C(C(C)C)=C1CC(O)C2C.COCC1CCC2/C1=C\C1(C)CC(O)C(C(C)C)=C1CC(O)C2C.CS. The van der Waals surface area contributed by atoms with Crippen LogP contribution in [0.5, 0.6) is 0 Å². The van der Waals surface area contributed by atoms with E-state index in [2.05, 4.69) is 80.2 Å². The maximum absolute atomic E-state index is 12.7. The summed E-state index contributed by atoms with van der Waals surface area (Å²) < 4.78 is 10.9. The first kappa shape index (κ1) is 45.2. The van der Waals surface area contributed by atoms with E-state index in [0.717, 1.165) is 50.9 Å². The van der Waals surface area contributed by atoms with Gasteiger partial charge >= 0.3 is 0 Å². The smallest absolute Gasteiger partial charge is 0.160 e. The van der Waals surface area contributed by atoms with Gasteiger partial charge in [-0.1, -0.05) is 104 Å². The van der Waals surface area contributed by atoms with Gasteiger partial charge in [0.15, 0.2) is 5.78 Å². The molecule has 7 heteroatoms. The van der Waals surface area contributed by atoms with Crippen LogP contribution in [-0.4, -0.2) is 73.1 Å². The van der Waals surface area contributed by atoms with Crippen molar-refractivity contribution in [2.45, 2.75) is 139 Å². The number of aliphatic hydroxyl groups excluding tert-OH is 3. The Morgan fingerprint density at radius 3 is 1.62 bits per heavy atom. The Morgan fingerprint density at radius 1 is 0.750 bits per heavy atom. The molecule has 0 heterocycles. The number of methoxy groups -OCH3 is 2. The van der Waals surface area contributed by atoms with Gasteiger partial charge in [-0.2, -0.15) is 12.6 Å². The molecule has 6 aliphatic carbocycles. The van der Waals surface area contributed by atoms with E-state index in [1.165, 1.54) is 27.9 Å². The number of ketones is 1. The average molecular weight is 745 g/mol. The Hall–Kier alpha value is -1.22. The summed E-state index contributed by atoms with van der Waals surface area (Å²) in [4.78, 5) is 12.7. The largest absolute Gasteiger partial charge is 0.392 e. The van der Waals surface area contributed by atoms with Crippen LogP contribution in [0.4, 0.5) is 0 Å². The van der Waals surface area contributed by atoms with E-state index in [1.807, 2.05) is 13.8 Å². The molecule has 52 heavy (non-hydrogen) atoms. The number of ether oxygens (including phenoxy) is 2. The fraction of sp³-hybridized carbons (Fsp3) is 0.800. The van der Waals surface area contributed by atoms with Crippen LogP contribution in [0, 0.1) is 58.2 Å². The molecule has 6 rings (SSSR count). The van der Waals surface area contributed by atoms with Crippen LogP contribution in [0.2, 0.25) is 0 Å². The lowest BCUT2D eigenvalue weighted by molar-refractivity contribution is -0.116. The van der Waals surface area contributed by atoms with E-state index in [4.69, 9.17) is 9.47 Å². The highest BCUT2D eigenvalue weighted by Crippen LogP contribution is 2.56. The fourth-order valence-corrected chi connectivity index (χ4v) is 11.0. The number of rotatable bonds is 6. The van der Waals surface area contributed by atoms with Crippen molar-refractivity contribution in [1.82, 2.24) is 0 Å². The molecule has 0 saturated heterocycles. The van der Waals surface area contributed by atoms with Crippen molar-refractivity contribution in [3.05, 3.63) is 45.6 Å². The third-order valence-electron chi connectivity index (χ3n) is 13.5. The van der Waals surface area contributed by atoms with Crippen LogP contribution in [0.25, 0.3) is 0 Å². The first-order valence-corrected chi connectivity index (χ1v) is 21.4. The van der Waals surface area contributed by atoms with Crippen LogP contribution in [0.15, 0.2) is 45.6 Å². The molecular formula is C45H76O6S. The fourth-order valence-electron chi connectivity index (χ4n) is 11.0. The third kappa shape index (κ3) is 9.07. The second-order valence-corrected chi connectivity index (χ2v) is 17.5. The number of carbonyl (C=O) groups is 1. The molecule has 2 saturated carbocycles. The summed E-state index contributed by atoms with van der Waals surface area (Å²) in [5.41, 5.74) is 7.18. The molecule has 11 atom stereocenters. The minimum Gasteiger partial charge on any atom is -0.392 e. The normalized spacial score (nSPS) is 40.2. The molecule has 0 aromatic carbocycles. The zero-order valence-electron chi connectivity index (χ0n) is 35.1. The zero-order chi connectivity index (χ0) is 39.3. The van der Waals surface area contributed by atoms with Crippen molar-refractivity contribution in [2.24, 2.45) is 58.2 Å². The minimum absolute atomic E-state index is 0.121. The number of thiol groups is 1. The lowest BCUT2D eigenvalue weighted by atomic mass is 9.70. The van der Waals surface area contributed by atoms with Gasteiger partial charge in [0, 0.05) is 43.3 Å². The number of Topliss-reactive ketones (excluding diaryl/α,β-unsaturated/α-hetero) is 1. The van der Waals surface area contributed by atoms with Gasteiger partial charge < -0.3 is 24.8 Å². The Labute approximate surface area is 323 Å². The summed E-state index contributed by atoms with van der Waals surface area (Å²) in [5, 5.41) is 32.5. The molecule has 298 valence electrons. The van der Waals surface area contributed by atoms with Crippen molar-refractivity contribution in [2.75, 3.05) is 33.7 Å². The molecular weight excluding hydrogens is 669 g/mol. The number of fused-ring (bicyclic) bond motifs is 4. The van der Waals surface area contributed by atoms with E-state index in [9.17, 15) is 20.1 Å². The van der Waals surface area contributed by atoms with Crippen LogP contribution < -0.4 is 0 Å². The highest BCUT2D eigenvalue weighted by Gasteiger charge is 2.49. The Bertz CT molecular complexity index is 1340. The monoisotopic (exact) mass is 745 g/mol. The van der Waals surface area contributed by atoms with Crippen LogP contribution in [0.1, 0.15) is 121 Å². The molecule has 2 fully saturated rings. The Balaban J connectivity index is 0.000000256. The number of hydrogen-bond acceptors (Lipinski definition) is 7. The second-order valence-electron chi connectivity index (χ2n) is 17.5.